The molecule has 2 aromatic carbocycles. The zero-order valence-electron chi connectivity index (χ0n) is 19.2. The van der Waals surface area contributed by atoms with Gasteiger partial charge in [0.25, 0.3) is 0 Å². The van der Waals surface area contributed by atoms with Gasteiger partial charge in [-0.3, -0.25) is 0 Å². The number of carboxylic acids is 1. The second-order valence-electron chi connectivity index (χ2n) is 7.80. The Morgan fingerprint density at radius 2 is 1.81 bits per heavy atom. The van der Waals surface area contributed by atoms with E-state index in [1.165, 1.54) is 0 Å². The Balaban J connectivity index is 2.09. The lowest BCUT2D eigenvalue weighted by atomic mass is 10.1. The van der Waals surface area contributed by atoms with Gasteiger partial charge in [0.1, 0.15) is 5.75 Å². The molecule has 176 valence electrons. The first-order valence-electron chi connectivity index (χ1n) is 10.9. The molecular weight excluding hydrogens is 446 g/mol. The Morgan fingerprint density at radius 1 is 1.12 bits per heavy atom. The van der Waals surface area contributed by atoms with E-state index in [0.717, 1.165) is 35.3 Å². The van der Waals surface area contributed by atoms with Crippen LogP contribution in [0.3, 0.4) is 0 Å². The molecule has 0 aliphatic carbocycles. The maximum atomic E-state index is 13.3. The van der Waals surface area contributed by atoms with E-state index < -0.39 is 16.0 Å². The van der Waals surface area contributed by atoms with Gasteiger partial charge < -0.3 is 9.84 Å². The standard InChI is InChI=1S/C24H33NO5S2/c1-5-7-20-8-11-22(12-9-20)32(28,29)25(14-6-2)16-19(4)31-21-10-13-23(18(3)15-21)30-17-24(26)27/h8-13,15,19H,5-7,14,16-17H2,1-4H3,(H,26,27)/t19-/m1/s1. The number of aliphatic carboxylic acids is 1. The first kappa shape index (κ1) is 26.2. The summed E-state index contributed by atoms with van der Waals surface area (Å²) in [6.45, 7) is 8.43. The van der Waals surface area contributed by atoms with Gasteiger partial charge in [-0.25, -0.2) is 13.2 Å². The molecule has 8 heteroatoms. The Hall–Kier alpha value is -2.03. The predicted molar refractivity (Wildman–Crippen MR) is 129 cm³/mol. The van der Waals surface area contributed by atoms with Gasteiger partial charge in [-0.15, -0.1) is 11.8 Å². The first-order valence-corrected chi connectivity index (χ1v) is 13.2. The highest BCUT2D eigenvalue weighted by Crippen LogP contribution is 2.30. The van der Waals surface area contributed by atoms with Crippen molar-refractivity contribution in [2.75, 3.05) is 19.7 Å². The molecule has 0 amide bonds. The topological polar surface area (TPSA) is 83.9 Å². The second-order valence-corrected chi connectivity index (χ2v) is 11.2. The highest BCUT2D eigenvalue weighted by molar-refractivity contribution is 8.00. The van der Waals surface area contributed by atoms with Crippen LogP contribution in [0, 0.1) is 6.92 Å². The minimum absolute atomic E-state index is 0.0286. The molecule has 0 unspecified atom stereocenters. The fraction of sp³-hybridized carbons (Fsp3) is 0.458. The average Bonchev–Trinajstić information content (AvgIpc) is 2.73. The Morgan fingerprint density at radius 3 is 2.38 bits per heavy atom. The summed E-state index contributed by atoms with van der Waals surface area (Å²) in [4.78, 5) is 12.0. The van der Waals surface area contributed by atoms with Crippen LogP contribution in [0.5, 0.6) is 5.75 Å². The van der Waals surface area contributed by atoms with Crippen molar-refractivity contribution in [3.05, 3.63) is 53.6 Å². The monoisotopic (exact) mass is 479 g/mol. The molecule has 0 heterocycles. The quantitative estimate of drug-likeness (QED) is 0.407. The molecule has 1 N–H and O–H groups in total. The number of benzene rings is 2. The van der Waals surface area contributed by atoms with Crippen LogP contribution in [0.15, 0.2) is 52.3 Å². The third kappa shape index (κ3) is 7.53. The molecule has 1 atom stereocenters. The maximum Gasteiger partial charge on any atom is 0.341 e. The number of sulfonamides is 1. The van der Waals surface area contributed by atoms with E-state index in [1.54, 1.807) is 34.3 Å². The molecule has 2 aromatic rings. The molecule has 0 radical (unpaired) electrons. The smallest absolute Gasteiger partial charge is 0.341 e. The van der Waals surface area contributed by atoms with E-state index in [1.807, 2.05) is 45.0 Å². The van der Waals surface area contributed by atoms with E-state index in [4.69, 9.17) is 9.84 Å². The zero-order chi connectivity index (χ0) is 23.7. The van der Waals surface area contributed by atoms with Crippen molar-refractivity contribution >= 4 is 27.8 Å². The summed E-state index contributed by atoms with van der Waals surface area (Å²) in [6, 6.07) is 12.8. The summed E-state index contributed by atoms with van der Waals surface area (Å²) >= 11 is 1.59. The highest BCUT2D eigenvalue weighted by atomic mass is 32.2. The van der Waals surface area contributed by atoms with Crippen LogP contribution in [0.4, 0.5) is 0 Å². The van der Waals surface area contributed by atoms with Gasteiger partial charge >= 0.3 is 5.97 Å². The number of hydrogen-bond acceptors (Lipinski definition) is 5. The molecule has 0 spiro atoms. The van der Waals surface area contributed by atoms with E-state index in [-0.39, 0.29) is 11.9 Å². The molecule has 32 heavy (non-hydrogen) atoms. The van der Waals surface area contributed by atoms with Crippen molar-refractivity contribution in [2.45, 2.75) is 62.0 Å². The number of carbonyl (C=O) groups is 1. The van der Waals surface area contributed by atoms with E-state index in [2.05, 4.69) is 6.92 Å². The Bertz CT molecular complexity index is 990. The SMILES string of the molecule is CCCc1ccc(S(=O)(=O)N(CCC)C[C@@H](C)Sc2ccc(OCC(=O)O)c(C)c2)cc1. The maximum absolute atomic E-state index is 13.3. The minimum Gasteiger partial charge on any atom is -0.482 e. The lowest BCUT2D eigenvalue weighted by molar-refractivity contribution is -0.139. The summed E-state index contributed by atoms with van der Waals surface area (Å²) in [7, 11) is -3.57. The summed E-state index contributed by atoms with van der Waals surface area (Å²) in [5.74, 6) is -0.486. The largest absolute Gasteiger partial charge is 0.482 e. The minimum atomic E-state index is -3.57. The number of hydrogen-bond donors (Lipinski definition) is 1. The lowest BCUT2D eigenvalue weighted by Gasteiger charge is -2.25. The van der Waals surface area contributed by atoms with Gasteiger partial charge in [0, 0.05) is 23.2 Å². The van der Waals surface area contributed by atoms with Crippen molar-refractivity contribution in [3.8, 4) is 5.75 Å². The van der Waals surface area contributed by atoms with Gasteiger partial charge in [-0.05, 0) is 61.2 Å². The fourth-order valence-electron chi connectivity index (χ4n) is 3.38. The number of nitrogens with zero attached hydrogens (tertiary/aromatic N) is 1. The molecule has 0 aliphatic heterocycles. The Labute approximate surface area is 196 Å². The van der Waals surface area contributed by atoms with Crippen molar-refractivity contribution in [3.63, 3.8) is 0 Å². The van der Waals surface area contributed by atoms with Crippen LogP contribution in [0.1, 0.15) is 44.7 Å². The Kier molecular flexibility index (Phi) is 10.1. The average molecular weight is 480 g/mol. The summed E-state index contributed by atoms with van der Waals surface area (Å²) < 4.78 is 33.4. The van der Waals surface area contributed by atoms with Gasteiger partial charge in [-0.2, -0.15) is 4.31 Å². The summed E-state index contributed by atoms with van der Waals surface area (Å²) in [5.41, 5.74) is 1.98. The summed E-state index contributed by atoms with van der Waals surface area (Å²) in [5, 5.41) is 8.80. The second kappa shape index (κ2) is 12.3. The van der Waals surface area contributed by atoms with Crippen molar-refractivity contribution in [1.29, 1.82) is 0 Å². The van der Waals surface area contributed by atoms with Crippen LogP contribution in [-0.4, -0.2) is 48.7 Å². The molecule has 0 aromatic heterocycles. The van der Waals surface area contributed by atoms with Crippen LogP contribution in [0.25, 0.3) is 0 Å². The van der Waals surface area contributed by atoms with E-state index >= 15 is 0 Å². The fourth-order valence-corrected chi connectivity index (χ4v) is 6.20. The van der Waals surface area contributed by atoms with Crippen LogP contribution >= 0.6 is 11.8 Å². The van der Waals surface area contributed by atoms with E-state index in [9.17, 15) is 13.2 Å². The molecule has 6 nitrogen and oxygen atoms in total. The third-order valence-corrected chi connectivity index (χ3v) is 7.83. The van der Waals surface area contributed by atoms with Gasteiger partial charge in [0.15, 0.2) is 6.61 Å². The summed E-state index contributed by atoms with van der Waals surface area (Å²) in [6.07, 6.45) is 2.69. The van der Waals surface area contributed by atoms with Gasteiger partial charge in [0.05, 0.1) is 4.90 Å². The molecule has 2 rings (SSSR count). The first-order chi connectivity index (χ1) is 15.2. The lowest BCUT2D eigenvalue weighted by Crippen LogP contribution is -2.36. The molecule has 0 bridgehead atoms. The molecule has 0 fully saturated rings. The number of rotatable bonds is 13. The van der Waals surface area contributed by atoms with Crippen LogP contribution < -0.4 is 4.74 Å². The zero-order valence-corrected chi connectivity index (χ0v) is 20.8. The van der Waals surface area contributed by atoms with Gasteiger partial charge in [0.2, 0.25) is 10.0 Å². The van der Waals surface area contributed by atoms with Gasteiger partial charge in [-0.1, -0.05) is 39.3 Å². The van der Waals surface area contributed by atoms with Crippen molar-refractivity contribution < 1.29 is 23.1 Å². The van der Waals surface area contributed by atoms with Crippen molar-refractivity contribution in [2.24, 2.45) is 0 Å². The van der Waals surface area contributed by atoms with E-state index in [0.29, 0.717) is 23.7 Å². The molecule has 0 aliphatic rings. The number of ether oxygens (including phenoxy) is 1. The van der Waals surface area contributed by atoms with Crippen molar-refractivity contribution in [1.82, 2.24) is 4.31 Å². The number of aryl methyl sites for hydroxylation is 2. The van der Waals surface area contributed by atoms with Crippen LogP contribution in [-0.2, 0) is 21.2 Å². The number of carboxylic acid groups (broad SMARTS) is 1. The third-order valence-electron chi connectivity index (χ3n) is 4.87. The highest BCUT2D eigenvalue weighted by Gasteiger charge is 2.25. The molecule has 0 saturated heterocycles. The number of thioether (sulfide) groups is 1. The normalized spacial score (nSPS) is 12.7. The molecular formula is C24H33NO5S2. The molecule has 0 saturated carbocycles. The predicted octanol–water partition coefficient (Wildman–Crippen LogP) is 4.99. The van der Waals surface area contributed by atoms with Crippen LogP contribution in [0.2, 0.25) is 0 Å².